The third-order valence-corrected chi connectivity index (χ3v) is 6.02. The summed E-state index contributed by atoms with van der Waals surface area (Å²) < 4.78 is 30.5. The Morgan fingerprint density at radius 1 is 1.03 bits per heavy atom. The van der Waals surface area contributed by atoms with Crippen molar-refractivity contribution < 1.29 is 23.1 Å². The van der Waals surface area contributed by atoms with Gasteiger partial charge in [-0.3, -0.25) is 0 Å². The summed E-state index contributed by atoms with van der Waals surface area (Å²) in [6, 6.07) is 16.8. The van der Waals surface area contributed by atoms with Crippen molar-refractivity contribution in [3.63, 3.8) is 0 Å². The number of nitrogens with one attached hydrogen (secondary N) is 1. The number of carbonyl (C=O) groups excluding carboxylic acids is 1. The summed E-state index contributed by atoms with van der Waals surface area (Å²) >= 11 is 0. The lowest BCUT2D eigenvalue weighted by molar-refractivity contribution is 0.0433. The van der Waals surface area contributed by atoms with Crippen molar-refractivity contribution in [2.45, 2.75) is 56.3 Å². The predicted octanol–water partition coefficient (Wildman–Crippen LogP) is 3.35. The van der Waals surface area contributed by atoms with Gasteiger partial charge in [0.2, 0.25) is 0 Å². The molecule has 0 spiro atoms. The van der Waals surface area contributed by atoms with Crippen molar-refractivity contribution in [3.05, 3.63) is 66.2 Å². The summed E-state index contributed by atoms with van der Waals surface area (Å²) in [5.74, 6) is -0.494. The maximum Gasteiger partial charge on any atom is 0.407 e. The lowest BCUT2D eigenvalue weighted by Crippen LogP contribution is -2.48. The first kappa shape index (κ1) is 22.9. The monoisotopic (exact) mass is 419 g/mol. The quantitative estimate of drug-likeness (QED) is 0.685. The van der Waals surface area contributed by atoms with Crippen LogP contribution in [-0.4, -0.2) is 43.1 Å². The van der Waals surface area contributed by atoms with Crippen LogP contribution in [0.4, 0.5) is 4.79 Å². The zero-order valence-corrected chi connectivity index (χ0v) is 17.9. The third kappa shape index (κ3) is 7.87. The summed E-state index contributed by atoms with van der Waals surface area (Å²) in [4.78, 5) is 12.4. The van der Waals surface area contributed by atoms with Crippen molar-refractivity contribution >= 4 is 15.9 Å². The molecule has 0 radical (unpaired) electrons. The van der Waals surface area contributed by atoms with E-state index in [1.807, 2.05) is 30.3 Å². The molecule has 0 saturated carbocycles. The molecule has 0 aliphatic carbocycles. The lowest BCUT2D eigenvalue weighted by atomic mass is 10.0. The third-order valence-electron chi connectivity index (χ3n) is 4.25. The first-order chi connectivity index (χ1) is 13.6. The molecule has 29 heavy (non-hydrogen) atoms. The molecule has 0 aliphatic rings. The number of hydrogen-bond acceptors (Lipinski definition) is 5. The van der Waals surface area contributed by atoms with Gasteiger partial charge in [0.05, 0.1) is 22.8 Å². The van der Waals surface area contributed by atoms with Gasteiger partial charge in [0.25, 0.3) is 0 Å². The van der Waals surface area contributed by atoms with Crippen molar-refractivity contribution in [1.82, 2.24) is 5.32 Å². The number of sulfone groups is 1. The van der Waals surface area contributed by atoms with Crippen LogP contribution in [0.25, 0.3) is 0 Å². The summed E-state index contributed by atoms with van der Waals surface area (Å²) in [5.41, 5.74) is 0.330. The Balaban J connectivity index is 2.12. The van der Waals surface area contributed by atoms with E-state index in [2.05, 4.69) is 5.32 Å². The molecule has 0 saturated heterocycles. The largest absolute Gasteiger partial charge is 0.444 e. The van der Waals surface area contributed by atoms with Gasteiger partial charge in [0.1, 0.15) is 5.60 Å². The Morgan fingerprint density at radius 3 is 2.14 bits per heavy atom. The van der Waals surface area contributed by atoms with Gasteiger partial charge in [-0.15, -0.1) is 0 Å². The highest BCUT2D eigenvalue weighted by Crippen LogP contribution is 2.16. The van der Waals surface area contributed by atoms with Crippen LogP contribution < -0.4 is 5.32 Å². The van der Waals surface area contributed by atoms with E-state index in [1.54, 1.807) is 39.0 Å². The van der Waals surface area contributed by atoms with Crippen molar-refractivity contribution in [1.29, 1.82) is 0 Å². The highest BCUT2D eigenvalue weighted by Gasteiger charge is 2.29. The number of rotatable bonds is 8. The molecule has 0 aromatic heterocycles. The van der Waals surface area contributed by atoms with Crippen molar-refractivity contribution in [2.24, 2.45) is 0 Å². The van der Waals surface area contributed by atoms with Crippen molar-refractivity contribution in [3.8, 4) is 0 Å². The number of aliphatic hydroxyl groups is 1. The molecule has 6 nitrogen and oxygen atoms in total. The van der Waals surface area contributed by atoms with Gasteiger partial charge in [-0.1, -0.05) is 48.5 Å². The van der Waals surface area contributed by atoms with Gasteiger partial charge in [-0.2, -0.15) is 0 Å². The zero-order valence-electron chi connectivity index (χ0n) is 17.0. The number of amides is 1. The Morgan fingerprint density at radius 2 is 1.59 bits per heavy atom. The standard InChI is InChI=1S/C22H29NO5S/c1-22(2,3)28-21(25)23-19(15-14-17-10-6-4-7-11-17)20(24)16-29(26,27)18-12-8-5-9-13-18/h4-13,19-20,24H,14-16H2,1-3H3,(H,23,25)/t19-,20+/m0/s1. The maximum atomic E-state index is 12.6. The highest BCUT2D eigenvalue weighted by molar-refractivity contribution is 7.91. The first-order valence-electron chi connectivity index (χ1n) is 9.56. The fourth-order valence-electron chi connectivity index (χ4n) is 2.85. The normalized spacial score (nSPS) is 14.1. The second-order valence-corrected chi connectivity index (χ2v) is 9.97. The van der Waals surface area contributed by atoms with Gasteiger partial charge in [-0.05, 0) is 51.3 Å². The lowest BCUT2D eigenvalue weighted by Gasteiger charge is -2.27. The van der Waals surface area contributed by atoms with E-state index in [4.69, 9.17) is 4.74 Å². The topological polar surface area (TPSA) is 92.7 Å². The van der Waals surface area contributed by atoms with Gasteiger partial charge >= 0.3 is 6.09 Å². The molecule has 158 valence electrons. The SMILES string of the molecule is CC(C)(C)OC(=O)N[C@@H](CCc1ccccc1)[C@H](O)CS(=O)(=O)c1ccccc1. The average Bonchev–Trinajstić information content (AvgIpc) is 2.65. The van der Waals surface area contributed by atoms with Crippen molar-refractivity contribution in [2.75, 3.05) is 5.75 Å². The number of carbonyl (C=O) groups is 1. The van der Waals surface area contributed by atoms with E-state index in [9.17, 15) is 18.3 Å². The molecular formula is C22H29NO5S. The minimum absolute atomic E-state index is 0.137. The number of benzene rings is 2. The zero-order chi connectivity index (χ0) is 21.5. The average molecular weight is 420 g/mol. The fraction of sp³-hybridized carbons (Fsp3) is 0.409. The van der Waals surface area contributed by atoms with Crippen LogP contribution in [0, 0.1) is 0 Å². The highest BCUT2D eigenvalue weighted by atomic mass is 32.2. The first-order valence-corrected chi connectivity index (χ1v) is 11.2. The fourth-order valence-corrected chi connectivity index (χ4v) is 4.30. The molecule has 2 aromatic carbocycles. The molecule has 0 fully saturated rings. The molecule has 0 unspecified atom stereocenters. The molecule has 0 aliphatic heterocycles. The van der Waals surface area contributed by atoms with Gasteiger partial charge in [0.15, 0.2) is 9.84 Å². The number of hydrogen-bond donors (Lipinski definition) is 2. The summed E-state index contributed by atoms with van der Waals surface area (Å²) in [6.45, 7) is 5.21. The minimum atomic E-state index is -3.70. The summed E-state index contributed by atoms with van der Waals surface area (Å²) in [7, 11) is -3.70. The van der Waals surface area contributed by atoms with Crippen LogP contribution in [0.2, 0.25) is 0 Å². The number of aryl methyl sites for hydroxylation is 1. The van der Waals surface area contributed by atoms with Gasteiger partial charge in [-0.25, -0.2) is 13.2 Å². The molecule has 0 heterocycles. The van der Waals surface area contributed by atoms with Crippen LogP contribution in [0.1, 0.15) is 32.8 Å². The number of ether oxygens (including phenoxy) is 1. The molecule has 0 bridgehead atoms. The minimum Gasteiger partial charge on any atom is -0.444 e. The molecule has 7 heteroatoms. The smallest absolute Gasteiger partial charge is 0.407 e. The second-order valence-electron chi connectivity index (χ2n) is 7.94. The van der Waals surface area contributed by atoms with E-state index >= 15 is 0 Å². The summed E-state index contributed by atoms with van der Waals surface area (Å²) in [5, 5.41) is 13.3. The summed E-state index contributed by atoms with van der Waals surface area (Å²) in [6.07, 6.45) is -1.03. The van der Waals surface area contributed by atoms with Gasteiger partial charge < -0.3 is 15.2 Å². The van der Waals surface area contributed by atoms with Gasteiger partial charge in [0, 0.05) is 0 Å². The van der Waals surface area contributed by atoms with E-state index in [1.165, 1.54) is 12.1 Å². The van der Waals surface area contributed by atoms with E-state index < -0.39 is 39.4 Å². The maximum absolute atomic E-state index is 12.6. The Hall–Kier alpha value is -2.38. The van der Waals surface area contributed by atoms with Crippen LogP contribution in [0.3, 0.4) is 0 Å². The predicted molar refractivity (Wildman–Crippen MR) is 112 cm³/mol. The van der Waals surface area contributed by atoms with E-state index in [0.717, 1.165) is 5.56 Å². The second kappa shape index (κ2) is 9.89. The Kier molecular flexibility index (Phi) is 7.81. The molecular weight excluding hydrogens is 390 g/mol. The van der Waals surface area contributed by atoms with Crippen LogP contribution in [0.5, 0.6) is 0 Å². The van der Waals surface area contributed by atoms with E-state index in [0.29, 0.717) is 12.8 Å². The molecule has 2 rings (SSSR count). The Labute approximate surface area is 172 Å². The van der Waals surface area contributed by atoms with Crippen LogP contribution in [-0.2, 0) is 21.0 Å². The molecule has 2 aromatic rings. The molecule has 2 atom stereocenters. The van der Waals surface area contributed by atoms with E-state index in [-0.39, 0.29) is 4.90 Å². The van der Waals surface area contributed by atoms with Crippen LogP contribution in [0.15, 0.2) is 65.6 Å². The van der Waals surface area contributed by atoms with Crippen LogP contribution >= 0.6 is 0 Å². The number of alkyl carbamates (subject to hydrolysis) is 1. The number of aliphatic hydroxyl groups excluding tert-OH is 1. The molecule has 1 amide bonds. The Bertz CT molecular complexity index is 876. The molecule has 2 N–H and O–H groups in total.